The van der Waals surface area contributed by atoms with Crippen LogP contribution in [0.4, 0.5) is 0 Å². The van der Waals surface area contributed by atoms with E-state index in [0.717, 1.165) is 19.4 Å². The highest BCUT2D eigenvalue weighted by atomic mass is 16.5. The minimum atomic E-state index is -0.285. The summed E-state index contributed by atoms with van der Waals surface area (Å²) in [4.78, 5) is 3.90. The Morgan fingerprint density at radius 2 is 2.50 bits per heavy atom. The average molecular weight is 142 g/mol. The van der Waals surface area contributed by atoms with E-state index in [1.54, 1.807) is 13.3 Å². The van der Waals surface area contributed by atoms with Gasteiger partial charge in [0.2, 0.25) is 0 Å². The van der Waals surface area contributed by atoms with Crippen molar-refractivity contribution in [2.75, 3.05) is 20.3 Å². The third kappa shape index (κ3) is 1.78. The number of hydrogen-bond acceptors (Lipinski definition) is 3. The van der Waals surface area contributed by atoms with Gasteiger partial charge < -0.3 is 10.5 Å². The number of nitrogens with zero attached hydrogens (tertiary/aromatic N) is 1. The summed E-state index contributed by atoms with van der Waals surface area (Å²) in [5.74, 6) is 0. The van der Waals surface area contributed by atoms with Crippen LogP contribution in [0, 0.1) is 0 Å². The fourth-order valence-corrected chi connectivity index (χ4v) is 1.20. The summed E-state index contributed by atoms with van der Waals surface area (Å²) in [5.41, 5.74) is 5.61. The zero-order chi connectivity index (χ0) is 7.45. The van der Waals surface area contributed by atoms with Crippen molar-refractivity contribution in [3.8, 4) is 0 Å². The third-order valence-electron chi connectivity index (χ3n) is 1.69. The molecule has 1 unspecified atom stereocenters. The standard InChI is InChI=1S/C7H14N2O/c1-9-5-7(8)3-2-4-10-6-7/h5H,2-4,6,8H2,1H3. The SMILES string of the molecule is CN=CC1(N)CCCOC1. The van der Waals surface area contributed by atoms with Crippen molar-refractivity contribution in [1.82, 2.24) is 0 Å². The van der Waals surface area contributed by atoms with Crippen LogP contribution in [-0.2, 0) is 4.74 Å². The zero-order valence-electron chi connectivity index (χ0n) is 6.34. The minimum absolute atomic E-state index is 0.285. The summed E-state index contributed by atoms with van der Waals surface area (Å²) in [6.45, 7) is 1.46. The van der Waals surface area contributed by atoms with Crippen molar-refractivity contribution in [2.24, 2.45) is 10.7 Å². The van der Waals surface area contributed by atoms with Gasteiger partial charge in [0.15, 0.2) is 0 Å². The lowest BCUT2D eigenvalue weighted by Gasteiger charge is -2.29. The van der Waals surface area contributed by atoms with Crippen molar-refractivity contribution in [3.63, 3.8) is 0 Å². The molecule has 3 heteroatoms. The van der Waals surface area contributed by atoms with Crippen molar-refractivity contribution < 1.29 is 4.74 Å². The first-order chi connectivity index (χ1) is 4.77. The predicted octanol–water partition coefficient (Wildman–Crippen LogP) is 0.195. The maximum atomic E-state index is 5.90. The van der Waals surface area contributed by atoms with Crippen molar-refractivity contribution in [1.29, 1.82) is 0 Å². The molecule has 1 heterocycles. The molecule has 0 spiro atoms. The smallest absolute Gasteiger partial charge is 0.0746 e. The molecule has 1 saturated heterocycles. The molecule has 0 radical (unpaired) electrons. The number of rotatable bonds is 1. The van der Waals surface area contributed by atoms with E-state index in [0.29, 0.717) is 6.61 Å². The summed E-state index contributed by atoms with van der Waals surface area (Å²) >= 11 is 0. The van der Waals surface area contributed by atoms with E-state index in [4.69, 9.17) is 10.5 Å². The Bertz CT molecular complexity index is 128. The van der Waals surface area contributed by atoms with E-state index in [1.807, 2.05) is 0 Å². The van der Waals surface area contributed by atoms with E-state index in [1.165, 1.54) is 0 Å². The Kier molecular flexibility index (Phi) is 2.40. The van der Waals surface area contributed by atoms with Gasteiger partial charge in [-0.15, -0.1) is 0 Å². The average Bonchev–Trinajstić information content (AvgIpc) is 1.89. The predicted molar refractivity (Wildman–Crippen MR) is 41.4 cm³/mol. The van der Waals surface area contributed by atoms with Crippen LogP contribution in [0.5, 0.6) is 0 Å². The molecular formula is C7H14N2O. The van der Waals surface area contributed by atoms with Gasteiger partial charge in [0.25, 0.3) is 0 Å². The fourth-order valence-electron chi connectivity index (χ4n) is 1.20. The molecule has 1 aliphatic rings. The van der Waals surface area contributed by atoms with Gasteiger partial charge in [-0.25, -0.2) is 0 Å². The third-order valence-corrected chi connectivity index (χ3v) is 1.69. The molecule has 1 fully saturated rings. The summed E-state index contributed by atoms with van der Waals surface area (Å²) < 4.78 is 5.22. The van der Waals surface area contributed by atoms with Gasteiger partial charge in [-0.05, 0) is 12.8 Å². The van der Waals surface area contributed by atoms with Crippen LogP contribution in [0.2, 0.25) is 0 Å². The second-order valence-corrected chi connectivity index (χ2v) is 2.78. The van der Waals surface area contributed by atoms with Gasteiger partial charge in [0, 0.05) is 19.9 Å². The molecule has 0 aromatic rings. The zero-order valence-corrected chi connectivity index (χ0v) is 6.34. The highest BCUT2D eigenvalue weighted by molar-refractivity contribution is 5.70. The van der Waals surface area contributed by atoms with Crippen LogP contribution in [0.15, 0.2) is 4.99 Å². The van der Waals surface area contributed by atoms with Crippen LogP contribution >= 0.6 is 0 Å². The van der Waals surface area contributed by atoms with Gasteiger partial charge in [0.1, 0.15) is 0 Å². The van der Waals surface area contributed by atoms with Crippen molar-refractivity contribution >= 4 is 6.21 Å². The molecule has 0 aromatic heterocycles. The maximum absolute atomic E-state index is 5.90. The van der Waals surface area contributed by atoms with Gasteiger partial charge >= 0.3 is 0 Å². The van der Waals surface area contributed by atoms with Gasteiger partial charge in [-0.1, -0.05) is 0 Å². The lowest BCUT2D eigenvalue weighted by atomic mass is 9.95. The molecule has 10 heavy (non-hydrogen) atoms. The van der Waals surface area contributed by atoms with Gasteiger partial charge in [-0.3, -0.25) is 4.99 Å². The fraction of sp³-hybridized carbons (Fsp3) is 0.857. The van der Waals surface area contributed by atoms with Crippen LogP contribution in [-0.4, -0.2) is 32.0 Å². The largest absolute Gasteiger partial charge is 0.379 e. The molecule has 1 atom stereocenters. The van der Waals surface area contributed by atoms with Crippen LogP contribution in [0.1, 0.15) is 12.8 Å². The Morgan fingerprint density at radius 1 is 1.70 bits per heavy atom. The highest BCUT2D eigenvalue weighted by Crippen LogP contribution is 2.13. The lowest BCUT2D eigenvalue weighted by Crippen LogP contribution is -2.48. The molecule has 3 nitrogen and oxygen atoms in total. The molecule has 1 rings (SSSR count). The van der Waals surface area contributed by atoms with E-state index in [9.17, 15) is 0 Å². The van der Waals surface area contributed by atoms with Gasteiger partial charge in [0.05, 0.1) is 12.1 Å². The normalized spacial score (nSPS) is 35.0. The minimum Gasteiger partial charge on any atom is -0.379 e. The summed E-state index contributed by atoms with van der Waals surface area (Å²) in [6.07, 6.45) is 3.82. The second-order valence-electron chi connectivity index (χ2n) is 2.78. The first-order valence-corrected chi connectivity index (χ1v) is 3.57. The Morgan fingerprint density at radius 3 is 3.00 bits per heavy atom. The Labute approximate surface area is 61.3 Å². The van der Waals surface area contributed by atoms with Crippen LogP contribution < -0.4 is 5.73 Å². The van der Waals surface area contributed by atoms with E-state index < -0.39 is 0 Å². The van der Waals surface area contributed by atoms with E-state index >= 15 is 0 Å². The quantitative estimate of drug-likeness (QED) is 0.531. The molecule has 2 N–H and O–H groups in total. The summed E-state index contributed by atoms with van der Waals surface area (Å²) in [5, 5.41) is 0. The first-order valence-electron chi connectivity index (χ1n) is 3.57. The topological polar surface area (TPSA) is 47.6 Å². The molecule has 0 amide bonds. The van der Waals surface area contributed by atoms with Crippen molar-refractivity contribution in [3.05, 3.63) is 0 Å². The summed E-state index contributed by atoms with van der Waals surface area (Å²) in [7, 11) is 1.74. The van der Waals surface area contributed by atoms with E-state index in [-0.39, 0.29) is 5.54 Å². The highest BCUT2D eigenvalue weighted by Gasteiger charge is 2.25. The number of ether oxygens (including phenoxy) is 1. The Hall–Kier alpha value is -0.410. The van der Waals surface area contributed by atoms with Crippen LogP contribution in [0.25, 0.3) is 0 Å². The number of nitrogens with two attached hydrogens (primary N) is 1. The van der Waals surface area contributed by atoms with Gasteiger partial charge in [-0.2, -0.15) is 0 Å². The molecular weight excluding hydrogens is 128 g/mol. The Balaban J connectivity index is 2.48. The summed E-state index contributed by atoms with van der Waals surface area (Å²) in [6, 6.07) is 0. The maximum Gasteiger partial charge on any atom is 0.0746 e. The van der Waals surface area contributed by atoms with Crippen LogP contribution in [0.3, 0.4) is 0 Å². The number of aliphatic imine (C=N–C) groups is 1. The molecule has 58 valence electrons. The molecule has 0 bridgehead atoms. The number of hydrogen-bond donors (Lipinski definition) is 1. The first kappa shape index (κ1) is 7.69. The molecule has 0 aromatic carbocycles. The lowest BCUT2D eigenvalue weighted by molar-refractivity contribution is 0.0653. The molecule has 0 aliphatic carbocycles. The molecule has 0 saturated carbocycles. The molecule has 1 aliphatic heterocycles. The van der Waals surface area contributed by atoms with E-state index in [2.05, 4.69) is 4.99 Å². The second kappa shape index (κ2) is 3.12. The monoisotopic (exact) mass is 142 g/mol. The van der Waals surface area contributed by atoms with Crippen molar-refractivity contribution in [2.45, 2.75) is 18.4 Å².